The summed E-state index contributed by atoms with van der Waals surface area (Å²) in [4.78, 5) is 9.48. The first-order valence-corrected chi connectivity index (χ1v) is 11.9. The summed E-state index contributed by atoms with van der Waals surface area (Å²) >= 11 is 9.00. The molecule has 0 aromatic carbocycles. The Balaban J connectivity index is 1.61. The Labute approximate surface area is 193 Å². The van der Waals surface area contributed by atoms with E-state index in [1.807, 2.05) is 19.9 Å². The number of halogens is 1. The number of hydrogen-bond donors (Lipinski definition) is 3. The maximum atomic E-state index is 6.47. The third kappa shape index (κ3) is 4.77. The number of aromatic nitrogens is 2. The van der Waals surface area contributed by atoms with Crippen LogP contribution in [0.5, 0.6) is 0 Å². The van der Waals surface area contributed by atoms with E-state index < -0.39 is 0 Å². The van der Waals surface area contributed by atoms with Gasteiger partial charge >= 0.3 is 0 Å². The molecular formula is C19H25ClN6O3S2. The fourth-order valence-corrected chi connectivity index (χ4v) is 5.62. The number of nitrogens with zero attached hydrogens (tertiary/aromatic N) is 3. The molecule has 4 heterocycles. The smallest absolute Gasteiger partial charge is 0.180 e. The van der Waals surface area contributed by atoms with Crippen LogP contribution in [0, 0.1) is 6.92 Å². The number of hydrazine groups is 1. The molecule has 31 heavy (non-hydrogen) atoms. The van der Waals surface area contributed by atoms with E-state index in [1.165, 1.54) is 23.1 Å². The van der Waals surface area contributed by atoms with E-state index >= 15 is 0 Å². The minimum absolute atomic E-state index is 0.0951. The summed E-state index contributed by atoms with van der Waals surface area (Å²) in [6.07, 6.45) is 2.55. The van der Waals surface area contributed by atoms with Crippen molar-refractivity contribution in [1.29, 1.82) is 0 Å². The lowest BCUT2D eigenvalue weighted by atomic mass is 9.93. The third-order valence-electron chi connectivity index (χ3n) is 5.13. The van der Waals surface area contributed by atoms with Crippen LogP contribution in [0.4, 0.5) is 5.13 Å². The summed E-state index contributed by atoms with van der Waals surface area (Å²) in [5, 5.41) is 4.34. The van der Waals surface area contributed by atoms with E-state index in [1.54, 1.807) is 22.8 Å². The quantitative estimate of drug-likeness (QED) is 0.396. The molecule has 2 aliphatic heterocycles. The van der Waals surface area contributed by atoms with Crippen LogP contribution >= 0.6 is 34.7 Å². The van der Waals surface area contributed by atoms with Gasteiger partial charge < -0.3 is 30.7 Å². The summed E-state index contributed by atoms with van der Waals surface area (Å²) in [5.74, 6) is 6.47. The van der Waals surface area contributed by atoms with Gasteiger partial charge in [-0.25, -0.2) is 10.8 Å². The molecule has 9 nitrogen and oxygen atoms in total. The van der Waals surface area contributed by atoms with Gasteiger partial charge in [0.2, 0.25) is 0 Å². The second-order valence-corrected chi connectivity index (χ2v) is 9.68. The predicted molar refractivity (Wildman–Crippen MR) is 122 cm³/mol. The second kappa shape index (κ2) is 9.49. The van der Waals surface area contributed by atoms with Crippen molar-refractivity contribution in [3.8, 4) is 0 Å². The van der Waals surface area contributed by atoms with E-state index in [0.717, 1.165) is 10.6 Å². The number of aryl methyl sites for hydroxylation is 1. The number of nitrogen functional groups attached to an aromatic ring is 1. The lowest BCUT2D eigenvalue weighted by molar-refractivity contribution is -0.275. The SMILES string of the molecule is CCOC1C(Sc2cc(Cl)cnc2C)OC2COC2C1N(N)/C=C(\N)c1csc(N)n1. The lowest BCUT2D eigenvalue weighted by Crippen LogP contribution is -2.70. The Morgan fingerprint density at radius 3 is 2.97 bits per heavy atom. The predicted octanol–water partition coefficient (Wildman–Crippen LogP) is 2.20. The number of nitrogens with two attached hydrogens (primary N) is 3. The molecule has 0 spiro atoms. The van der Waals surface area contributed by atoms with E-state index in [-0.39, 0.29) is 29.8 Å². The third-order valence-corrected chi connectivity index (χ3v) is 7.29. The van der Waals surface area contributed by atoms with Gasteiger partial charge in [0, 0.05) is 29.3 Å². The molecule has 0 aliphatic carbocycles. The van der Waals surface area contributed by atoms with Crippen molar-refractivity contribution >= 4 is 45.5 Å². The van der Waals surface area contributed by atoms with Crippen LogP contribution in [-0.4, -0.2) is 58.0 Å². The van der Waals surface area contributed by atoms with Crippen molar-refractivity contribution in [3.63, 3.8) is 0 Å². The molecule has 2 aliphatic rings. The van der Waals surface area contributed by atoms with Crippen molar-refractivity contribution in [2.45, 2.75) is 48.5 Å². The summed E-state index contributed by atoms with van der Waals surface area (Å²) in [6.45, 7) is 4.85. The minimum atomic E-state index is -0.385. The summed E-state index contributed by atoms with van der Waals surface area (Å²) in [6, 6.07) is 1.57. The Morgan fingerprint density at radius 1 is 1.52 bits per heavy atom. The van der Waals surface area contributed by atoms with Gasteiger partial charge in [-0.15, -0.1) is 11.3 Å². The first-order valence-electron chi connectivity index (χ1n) is 9.76. The average molecular weight is 485 g/mol. The highest BCUT2D eigenvalue weighted by atomic mass is 35.5. The Hall–Kier alpha value is -1.60. The maximum Gasteiger partial charge on any atom is 0.180 e. The number of thioether (sulfide) groups is 1. The van der Waals surface area contributed by atoms with Crippen LogP contribution < -0.4 is 17.3 Å². The first-order chi connectivity index (χ1) is 14.9. The molecule has 2 aromatic rings. The van der Waals surface area contributed by atoms with Gasteiger partial charge in [0.15, 0.2) is 5.13 Å². The average Bonchev–Trinajstić information content (AvgIpc) is 3.15. The number of ether oxygens (including phenoxy) is 3. The molecule has 2 fully saturated rings. The standard InChI is InChI=1S/C19H25ClN6O3S2/c1-3-27-17-15(26(23)6-11(21)12-8-30-19(22)25-12)16-13(7-28-16)29-18(17)31-14-4-10(20)5-24-9(14)2/h4-6,8,13,15-18H,3,7,21,23H2,1-2H3,(H2,22,25)/b11-6-. The number of hydrogen-bond acceptors (Lipinski definition) is 11. The fourth-order valence-electron chi connectivity index (χ4n) is 3.59. The number of thiazole rings is 1. The van der Waals surface area contributed by atoms with E-state index in [0.29, 0.717) is 34.8 Å². The molecule has 12 heteroatoms. The highest BCUT2D eigenvalue weighted by Gasteiger charge is 2.54. The van der Waals surface area contributed by atoms with Crippen molar-refractivity contribution in [1.82, 2.24) is 15.0 Å². The van der Waals surface area contributed by atoms with Crippen LogP contribution in [-0.2, 0) is 14.2 Å². The highest BCUT2D eigenvalue weighted by molar-refractivity contribution is 7.99. The molecule has 0 saturated carbocycles. The van der Waals surface area contributed by atoms with Crippen LogP contribution in [0.2, 0.25) is 5.02 Å². The molecule has 0 radical (unpaired) electrons. The Morgan fingerprint density at radius 2 is 2.32 bits per heavy atom. The maximum absolute atomic E-state index is 6.47. The van der Waals surface area contributed by atoms with Crippen molar-refractivity contribution in [3.05, 3.63) is 40.3 Å². The van der Waals surface area contributed by atoms with E-state index in [9.17, 15) is 0 Å². The molecule has 4 rings (SSSR count). The second-order valence-electron chi connectivity index (χ2n) is 7.21. The largest absolute Gasteiger partial charge is 0.396 e. The first kappa shape index (κ1) is 22.6. The number of anilines is 1. The molecule has 2 aromatic heterocycles. The van der Waals surface area contributed by atoms with Gasteiger partial charge in [0.05, 0.1) is 23.0 Å². The monoisotopic (exact) mass is 484 g/mol. The van der Waals surface area contributed by atoms with Crippen LogP contribution in [0.25, 0.3) is 5.70 Å². The van der Waals surface area contributed by atoms with Gasteiger partial charge in [-0.3, -0.25) is 4.98 Å². The van der Waals surface area contributed by atoms with Crippen molar-refractivity contribution in [2.75, 3.05) is 18.9 Å². The number of pyridine rings is 1. The summed E-state index contributed by atoms with van der Waals surface area (Å²) < 4.78 is 18.2. The minimum Gasteiger partial charge on any atom is -0.396 e. The van der Waals surface area contributed by atoms with E-state index in [2.05, 4.69) is 9.97 Å². The number of fused-ring (bicyclic) bond motifs is 1. The molecule has 6 N–H and O–H groups in total. The van der Waals surface area contributed by atoms with Gasteiger partial charge in [0.25, 0.3) is 0 Å². The van der Waals surface area contributed by atoms with Gasteiger partial charge in [-0.2, -0.15) is 0 Å². The van der Waals surface area contributed by atoms with E-state index in [4.69, 9.17) is 43.1 Å². The van der Waals surface area contributed by atoms with Crippen LogP contribution in [0.15, 0.2) is 28.7 Å². The van der Waals surface area contributed by atoms with Gasteiger partial charge in [0.1, 0.15) is 35.5 Å². The van der Waals surface area contributed by atoms with Crippen molar-refractivity contribution in [2.24, 2.45) is 11.6 Å². The highest BCUT2D eigenvalue weighted by Crippen LogP contribution is 2.41. The summed E-state index contributed by atoms with van der Waals surface area (Å²) in [7, 11) is 0. The fraction of sp³-hybridized carbons (Fsp3) is 0.474. The normalized spacial score (nSPS) is 28.1. The molecule has 5 unspecified atom stereocenters. The molecule has 2 saturated heterocycles. The number of rotatable bonds is 7. The molecule has 168 valence electrons. The van der Waals surface area contributed by atoms with Crippen LogP contribution in [0.3, 0.4) is 0 Å². The zero-order valence-electron chi connectivity index (χ0n) is 17.1. The Kier molecular flexibility index (Phi) is 6.92. The molecule has 5 atom stereocenters. The topological polar surface area (TPSA) is 135 Å². The molecule has 0 bridgehead atoms. The zero-order valence-corrected chi connectivity index (χ0v) is 19.5. The molecular weight excluding hydrogens is 460 g/mol. The van der Waals surface area contributed by atoms with Crippen LogP contribution in [0.1, 0.15) is 18.3 Å². The van der Waals surface area contributed by atoms with Crippen molar-refractivity contribution < 1.29 is 14.2 Å². The zero-order chi connectivity index (χ0) is 22.1. The summed E-state index contributed by atoms with van der Waals surface area (Å²) in [5.41, 5.74) is 13.5. The Bertz CT molecular complexity index is 960. The van der Waals surface area contributed by atoms with Gasteiger partial charge in [-0.05, 0) is 19.9 Å². The van der Waals surface area contributed by atoms with Gasteiger partial charge in [-0.1, -0.05) is 23.4 Å². The lowest BCUT2D eigenvalue weighted by Gasteiger charge is -2.53. The molecule has 0 amide bonds.